The number of nitrogen functional groups attached to an aromatic ring is 1. The quantitative estimate of drug-likeness (QED) is 0.683. The van der Waals surface area contributed by atoms with Gasteiger partial charge in [-0.1, -0.05) is 0 Å². The van der Waals surface area contributed by atoms with Crippen LogP contribution in [0.3, 0.4) is 0 Å². The van der Waals surface area contributed by atoms with Crippen LogP contribution in [0.5, 0.6) is 5.75 Å². The number of rotatable bonds is 6. The molecule has 3 aromatic rings. The molecule has 0 radical (unpaired) electrons. The lowest BCUT2D eigenvalue weighted by Crippen LogP contribution is -2.05. The van der Waals surface area contributed by atoms with Crippen LogP contribution in [0.1, 0.15) is 31.1 Å². The van der Waals surface area contributed by atoms with Gasteiger partial charge in [0.1, 0.15) is 23.2 Å². The number of nitrogens with two attached hydrogens (primary N) is 1. The smallest absolute Gasteiger partial charge is 0.297 e. The molecule has 1 saturated carbocycles. The molecular weight excluding hydrogens is 356 g/mol. The van der Waals surface area contributed by atoms with E-state index in [4.69, 9.17) is 10.5 Å². The van der Waals surface area contributed by atoms with Crippen molar-refractivity contribution in [2.75, 3.05) is 18.2 Å². The molecule has 1 aliphatic rings. The van der Waals surface area contributed by atoms with Crippen molar-refractivity contribution in [3.05, 3.63) is 36.5 Å². The Kier molecular flexibility index (Phi) is 4.30. The molecule has 0 unspecified atom stereocenters. The second-order valence-electron chi connectivity index (χ2n) is 6.17. The van der Waals surface area contributed by atoms with Crippen molar-refractivity contribution in [2.45, 2.75) is 25.3 Å². The molecule has 3 N–H and O–H groups in total. The van der Waals surface area contributed by atoms with E-state index in [2.05, 4.69) is 25.4 Å². The number of halogens is 2. The van der Waals surface area contributed by atoms with Gasteiger partial charge in [0, 0.05) is 35.7 Å². The molecule has 10 heteroatoms. The largest absolute Gasteiger partial charge is 0.496 e. The van der Waals surface area contributed by atoms with Crippen LogP contribution in [0.15, 0.2) is 30.7 Å². The third-order valence-electron chi connectivity index (χ3n) is 4.13. The van der Waals surface area contributed by atoms with E-state index in [9.17, 15) is 8.78 Å². The predicted octanol–water partition coefficient (Wildman–Crippen LogP) is 3.34. The molecule has 0 saturated heterocycles. The number of hydrogen-bond acceptors (Lipinski definition) is 7. The Labute approximate surface area is 153 Å². The zero-order valence-corrected chi connectivity index (χ0v) is 14.4. The second-order valence-corrected chi connectivity index (χ2v) is 6.17. The molecule has 27 heavy (non-hydrogen) atoms. The van der Waals surface area contributed by atoms with Gasteiger partial charge in [-0.3, -0.25) is 4.68 Å². The average molecular weight is 373 g/mol. The molecule has 0 aliphatic heterocycles. The molecular formula is C17H17F2N7O. The summed E-state index contributed by atoms with van der Waals surface area (Å²) in [7, 11) is 1.55. The molecule has 0 spiro atoms. The number of anilines is 3. The number of aromatic nitrogens is 5. The monoisotopic (exact) mass is 373 g/mol. The summed E-state index contributed by atoms with van der Waals surface area (Å²) in [6, 6.07) is 3.49. The van der Waals surface area contributed by atoms with E-state index in [-0.39, 0.29) is 11.6 Å². The topological polar surface area (TPSA) is 104 Å². The SMILES string of the molecule is COc1cc(Nc2cc(N)nc(C(F)F)n2)ncc1-c1cnn(C2CC2)c1. The Morgan fingerprint density at radius 1 is 1.22 bits per heavy atom. The highest BCUT2D eigenvalue weighted by molar-refractivity contribution is 5.71. The van der Waals surface area contributed by atoms with Crippen LogP contribution in [0.2, 0.25) is 0 Å². The minimum Gasteiger partial charge on any atom is -0.496 e. The Bertz CT molecular complexity index is 972. The molecule has 3 aromatic heterocycles. The lowest BCUT2D eigenvalue weighted by molar-refractivity contribution is 0.140. The van der Waals surface area contributed by atoms with Crippen molar-refractivity contribution < 1.29 is 13.5 Å². The summed E-state index contributed by atoms with van der Waals surface area (Å²) in [6.45, 7) is 0. The van der Waals surface area contributed by atoms with E-state index >= 15 is 0 Å². The van der Waals surface area contributed by atoms with Crippen LogP contribution in [-0.2, 0) is 0 Å². The van der Waals surface area contributed by atoms with Gasteiger partial charge in [0.2, 0.25) is 0 Å². The number of nitrogens with zero attached hydrogens (tertiary/aromatic N) is 5. The zero-order valence-electron chi connectivity index (χ0n) is 14.4. The maximum absolute atomic E-state index is 12.8. The maximum Gasteiger partial charge on any atom is 0.297 e. The van der Waals surface area contributed by atoms with Crippen molar-refractivity contribution in [1.29, 1.82) is 0 Å². The summed E-state index contributed by atoms with van der Waals surface area (Å²) in [6.07, 6.45) is 4.83. The van der Waals surface area contributed by atoms with E-state index in [1.165, 1.54) is 6.07 Å². The lowest BCUT2D eigenvalue weighted by Gasteiger charge is -2.11. The standard InChI is InChI=1S/C17H17F2N7O/c1-27-12-4-14(24-15-5-13(20)23-17(25-15)16(18)19)21-7-11(12)9-6-22-26(8-9)10-2-3-10/h4-8,10,16H,2-3H2,1H3,(H3,20,21,23,24,25). The predicted molar refractivity (Wildman–Crippen MR) is 95.0 cm³/mol. The number of hydrogen-bond donors (Lipinski definition) is 2. The molecule has 3 heterocycles. The molecule has 0 amide bonds. The first kappa shape index (κ1) is 17.1. The number of pyridine rings is 1. The summed E-state index contributed by atoms with van der Waals surface area (Å²) in [5.41, 5.74) is 7.24. The summed E-state index contributed by atoms with van der Waals surface area (Å²) in [5, 5.41) is 7.22. The fourth-order valence-corrected chi connectivity index (χ4v) is 2.68. The lowest BCUT2D eigenvalue weighted by atomic mass is 10.1. The van der Waals surface area contributed by atoms with Gasteiger partial charge in [-0.15, -0.1) is 0 Å². The van der Waals surface area contributed by atoms with Crippen molar-refractivity contribution in [3.8, 4) is 16.9 Å². The highest BCUT2D eigenvalue weighted by Gasteiger charge is 2.24. The number of nitrogens with one attached hydrogen (secondary N) is 1. The van der Waals surface area contributed by atoms with Gasteiger partial charge < -0.3 is 15.8 Å². The average Bonchev–Trinajstić information content (AvgIpc) is 3.38. The van der Waals surface area contributed by atoms with E-state index in [1.54, 1.807) is 25.6 Å². The Morgan fingerprint density at radius 3 is 2.74 bits per heavy atom. The van der Waals surface area contributed by atoms with Crippen LogP contribution in [0.25, 0.3) is 11.1 Å². The number of methoxy groups -OCH3 is 1. The summed E-state index contributed by atoms with van der Waals surface area (Å²) < 4.78 is 33.1. The summed E-state index contributed by atoms with van der Waals surface area (Å²) in [4.78, 5) is 11.6. The maximum atomic E-state index is 12.8. The minimum atomic E-state index is -2.82. The fraction of sp³-hybridized carbons (Fsp3) is 0.294. The zero-order chi connectivity index (χ0) is 19.0. The van der Waals surface area contributed by atoms with Crippen LogP contribution in [0.4, 0.5) is 26.2 Å². The van der Waals surface area contributed by atoms with E-state index < -0.39 is 12.2 Å². The minimum absolute atomic E-state index is 0.0566. The molecule has 4 rings (SSSR count). The van der Waals surface area contributed by atoms with Gasteiger partial charge in [0.25, 0.3) is 6.43 Å². The number of ether oxygens (including phenoxy) is 1. The third kappa shape index (κ3) is 3.64. The van der Waals surface area contributed by atoms with Crippen LogP contribution in [0, 0.1) is 0 Å². The second kappa shape index (κ2) is 6.78. The molecule has 8 nitrogen and oxygen atoms in total. The van der Waals surface area contributed by atoms with Gasteiger partial charge in [0.15, 0.2) is 5.82 Å². The first-order valence-corrected chi connectivity index (χ1v) is 8.31. The highest BCUT2D eigenvalue weighted by Crippen LogP contribution is 2.37. The Morgan fingerprint density at radius 2 is 2.04 bits per heavy atom. The van der Waals surface area contributed by atoms with Gasteiger partial charge >= 0.3 is 0 Å². The van der Waals surface area contributed by atoms with Gasteiger partial charge in [-0.05, 0) is 12.8 Å². The first-order valence-electron chi connectivity index (χ1n) is 8.31. The number of alkyl halides is 2. The van der Waals surface area contributed by atoms with E-state index in [0.29, 0.717) is 17.6 Å². The van der Waals surface area contributed by atoms with Crippen molar-refractivity contribution >= 4 is 17.5 Å². The highest BCUT2D eigenvalue weighted by atomic mass is 19.3. The normalized spacial score (nSPS) is 13.8. The third-order valence-corrected chi connectivity index (χ3v) is 4.13. The molecule has 0 atom stereocenters. The van der Waals surface area contributed by atoms with Gasteiger partial charge in [0.05, 0.1) is 19.3 Å². The van der Waals surface area contributed by atoms with Crippen molar-refractivity contribution in [2.24, 2.45) is 0 Å². The van der Waals surface area contributed by atoms with Gasteiger partial charge in [-0.25, -0.2) is 23.7 Å². The molecule has 140 valence electrons. The van der Waals surface area contributed by atoms with E-state index in [1.807, 2.05) is 10.9 Å². The van der Waals surface area contributed by atoms with Crippen molar-refractivity contribution in [3.63, 3.8) is 0 Å². The summed E-state index contributed by atoms with van der Waals surface area (Å²) in [5.74, 6) is 0.372. The van der Waals surface area contributed by atoms with Crippen LogP contribution < -0.4 is 15.8 Å². The summed E-state index contributed by atoms with van der Waals surface area (Å²) >= 11 is 0. The molecule has 1 fully saturated rings. The fourth-order valence-electron chi connectivity index (χ4n) is 2.68. The van der Waals surface area contributed by atoms with Crippen LogP contribution in [-0.4, -0.2) is 31.8 Å². The first-order chi connectivity index (χ1) is 13.0. The molecule has 0 bridgehead atoms. The Hall–Kier alpha value is -3.30. The van der Waals surface area contributed by atoms with E-state index in [0.717, 1.165) is 24.0 Å². The van der Waals surface area contributed by atoms with Gasteiger partial charge in [-0.2, -0.15) is 5.10 Å². The van der Waals surface area contributed by atoms with Crippen molar-refractivity contribution in [1.82, 2.24) is 24.7 Å². The Balaban J connectivity index is 1.61. The van der Waals surface area contributed by atoms with Crippen LogP contribution >= 0.6 is 0 Å². The molecule has 0 aromatic carbocycles. The molecule has 1 aliphatic carbocycles.